The van der Waals surface area contributed by atoms with Gasteiger partial charge in [-0.1, -0.05) is 18.2 Å². The van der Waals surface area contributed by atoms with Gasteiger partial charge in [0.15, 0.2) is 0 Å². The minimum Gasteiger partial charge on any atom is -0.459 e. The third-order valence-corrected chi connectivity index (χ3v) is 4.36. The summed E-state index contributed by atoms with van der Waals surface area (Å²) in [7, 11) is 0. The minimum absolute atomic E-state index is 0.0721. The number of aromatic nitrogens is 1. The van der Waals surface area contributed by atoms with Crippen molar-refractivity contribution in [2.45, 2.75) is 13.0 Å². The molecule has 0 bridgehead atoms. The van der Waals surface area contributed by atoms with E-state index in [1.807, 2.05) is 37.3 Å². The van der Waals surface area contributed by atoms with Crippen LogP contribution in [0, 0.1) is 21.4 Å². The summed E-state index contributed by atoms with van der Waals surface area (Å²) in [6.07, 6.45) is 0. The van der Waals surface area contributed by atoms with Crippen molar-refractivity contribution in [3.05, 3.63) is 76.0 Å². The molecule has 2 aromatic carbocycles. The molecule has 0 saturated carbocycles. The Morgan fingerprint density at radius 1 is 1.22 bits per heavy atom. The molecule has 0 radical (unpaired) electrons. The standard InChI is InChI=1S/C20H14N4O3/c1-12(19-8-13-4-2-3-5-18(13)27-19)22-20-9-14(11-21)16-10-15(24(25)26)6-7-17(16)23-20/h2-10,12H,1H3,(H,22,23)/t12-/m1/s1. The second kappa shape index (κ2) is 6.42. The molecule has 27 heavy (non-hydrogen) atoms. The van der Waals surface area contributed by atoms with Gasteiger partial charge in [0.05, 0.1) is 28.1 Å². The molecule has 0 amide bonds. The predicted octanol–water partition coefficient (Wildman–Crippen LogP) is 4.93. The van der Waals surface area contributed by atoms with Gasteiger partial charge in [-0.25, -0.2) is 4.98 Å². The number of non-ortho nitro benzene ring substituents is 1. The zero-order valence-corrected chi connectivity index (χ0v) is 14.3. The van der Waals surface area contributed by atoms with E-state index in [0.29, 0.717) is 22.3 Å². The van der Waals surface area contributed by atoms with Crippen LogP contribution < -0.4 is 5.32 Å². The highest BCUT2D eigenvalue weighted by molar-refractivity contribution is 5.88. The second-order valence-corrected chi connectivity index (χ2v) is 6.18. The summed E-state index contributed by atoms with van der Waals surface area (Å²) in [4.78, 5) is 15.0. The minimum atomic E-state index is -0.490. The number of benzene rings is 2. The molecule has 2 aromatic heterocycles. The number of furan rings is 1. The number of anilines is 1. The summed E-state index contributed by atoms with van der Waals surface area (Å²) < 4.78 is 5.86. The number of hydrogen-bond donors (Lipinski definition) is 1. The summed E-state index contributed by atoms with van der Waals surface area (Å²) in [5.74, 6) is 1.25. The lowest BCUT2D eigenvalue weighted by Crippen LogP contribution is -2.07. The van der Waals surface area contributed by atoms with Crippen molar-refractivity contribution in [3.63, 3.8) is 0 Å². The summed E-state index contributed by atoms with van der Waals surface area (Å²) in [5.41, 5.74) is 1.57. The van der Waals surface area contributed by atoms with E-state index in [2.05, 4.69) is 16.4 Å². The molecule has 0 aliphatic rings. The number of nitro benzene ring substituents is 1. The van der Waals surface area contributed by atoms with E-state index in [0.717, 1.165) is 16.7 Å². The number of nitrogens with zero attached hydrogens (tertiary/aromatic N) is 3. The van der Waals surface area contributed by atoms with Crippen LogP contribution >= 0.6 is 0 Å². The van der Waals surface area contributed by atoms with Gasteiger partial charge in [-0.2, -0.15) is 5.26 Å². The molecule has 0 aliphatic carbocycles. The van der Waals surface area contributed by atoms with Crippen LogP contribution in [0.4, 0.5) is 11.5 Å². The van der Waals surface area contributed by atoms with Crippen LogP contribution in [0.15, 0.2) is 59.0 Å². The van der Waals surface area contributed by atoms with Crippen LogP contribution in [0.1, 0.15) is 24.3 Å². The van der Waals surface area contributed by atoms with Gasteiger partial charge in [0.25, 0.3) is 5.69 Å². The molecule has 132 valence electrons. The van der Waals surface area contributed by atoms with Crippen LogP contribution in [0.3, 0.4) is 0 Å². The van der Waals surface area contributed by atoms with Crippen molar-refractivity contribution in [1.29, 1.82) is 5.26 Å². The van der Waals surface area contributed by atoms with Gasteiger partial charge in [0.1, 0.15) is 17.2 Å². The Labute approximate surface area is 154 Å². The third kappa shape index (κ3) is 3.04. The molecule has 0 aliphatic heterocycles. The first-order valence-corrected chi connectivity index (χ1v) is 8.29. The Hall–Kier alpha value is -3.92. The molecule has 4 rings (SSSR count). The van der Waals surface area contributed by atoms with E-state index < -0.39 is 4.92 Å². The lowest BCUT2D eigenvalue weighted by atomic mass is 10.1. The number of nitro groups is 1. The van der Waals surface area contributed by atoms with E-state index in [1.165, 1.54) is 12.1 Å². The van der Waals surface area contributed by atoms with Crippen molar-refractivity contribution in [3.8, 4) is 6.07 Å². The fraction of sp³-hybridized carbons (Fsp3) is 0.100. The van der Waals surface area contributed by atoms with Crippen LogP contribution in [0.5, 0.6) is 0 Å². The molecule has 4 aromatic rings. The molecule has 1 atom stereocenters. The van der Waals surface area contributed by atoms with Gasteiger partial charge >= 0.3 is 0 Å². The molecular formula is C20H14N4O3. The Bertz CT molecular complexity index is 1190. The maximum Gasteiger partial charge on any atom is 0.270 e. The monoisotopic (exact) mass is 358 g/mol. The molecule has 0 fully saturated rings. The van der Waals surface area contributed by atoms with Gasteiger partial charge in [-0.15, -0.1) is 0 Å². The van der Waals surface area contributed by atoms with Gasteiger partial charge < -0.3 is 9.73 Å². The lowest BCUT2D eigenvalue weighted by Gasteiger charge is -2.13. The summed E-state index contributed by atoms with van der Waals surface area (Å²) in [6.45, 7) is 1.94. The zero-order chi connectivity index (χ0) is 19.0. The quantitative estimate of drug-likeness (QED) is 0.409. The maximum absolute atomic E-state index is 11.0. The first-order chi connectivity index (χ1) is 13.0. The topological polar surface area (TPSA) is 105 Å². The SMILES string of the molecule is C[C@@H](Nc1cc(C#N)c2cc([N+](=O)[O-])ccc2n1)c1cc2ccccc2o1. The first kappa shape index (κ1) is 16.5. The van der Waals surface area contributed by atoms with Crippen molar-refractivity contribution in [1.82, 2.24) is 4.98 Å². The Morgan fingerprint density at radius 3 is 2.78 bits per heavy atom. The smallest absolute Gasteiger partial charge is 0.270 e. The molecule has 2 heterocycles. The highest BCUT2D eigenvalue weighted by Crippen LogP contribution is 2.28. The number of pyridine rings is 1. The molecule has 7 nitrogen and oxygen atoms in total. The number of nitriles is 1. The number of nitrogens with one attached hydrogen (secondary N) is 1. The molecule has 0 saturated heterocycles. The predicted molar refractivity (Wildman–Crippen MR) is 101 cm³/mol. The molecular weight excluding hydrogens is 344 g/mol. The van der Waals surface area contributed by atoms with Crippen molar-refractivity contribution in [2.24, 2.45) is 0 Å². The van der Waals surface area contributed by atoms with Crippen LogP contribution in [0.2, 0.25) is 0 Å². The Morgan fingerprint density at radius 2 is 2.04 bits per heavy atom. The normalized spacial score (nSPS) is 12.0. The molecule has 0 spiro atoms. The number of hydrogen-bond acceptors (Lipinski definition) is 6. The highest BCUT2D eigenvalue weighted by Gasteiger charge is 2.15. The average molecular weight is 358 g/mol. The fourth-order valence-corrected chi connectivity index (χ4v) is 3.00. The zero-order valence-electron chi connectivity index (χ0n) is 14.3. The number of rotatable bonds is 4. The van der Waals surface area contributed by atoms with Crippen molar-refractivity contribution in [2.75, 3.05) is 5.32 Å². The van der Waals surface area contributed by atoms with Crippen LogP contribution in [-0.4, -0.2) is 9.91 Å². The van der Waals surface area contributed by atoms with E-state index in [9.17, 15) is 15.4 Å². The van der Waals surface area contributed by atoms with Gasteiger partial charge in [-0.3, -0.25) is 10.1 Å². The average Bonchev–Trinajstić information content (AvgIpc) is 3.11. The maximum atomic E-state index is 11.0. The lowest BCUT2D eigenvalue weighted by molar-refractivity contribution is -0.384. The second-order valence-electron chi connectivity index (χ2n) is 6.18. The summed E-state index contributed by atoms with van der Waals surface area (Å²) in [5, 5.41) is 25.1. The van der Waals surface area contributed by atoms with Gasteiger partial charge in [0.2, 0.25) is 0 Å². The molecule has 1 N–H and O–H groups in total. The highest BCUT2D eigenvalue weighted by atomic mass is 16.6. The number of fused-ring (bicyclic) bond motifs is 2. The van der Waals surface area contributed by atoms with Gasteiger partial charge in [0, 0.05) is 22.9 Å². The van der Waals surface area contributed by atoms with Crippen molar-refractivity contribution < 1.29 is 9.34 Å². The Balaban J connectivity index is 1.70. The van der Waals surface area contributed by atoms with E-state index in [1.54, 1.807) is 12.1 Å². The summed E-state index contributed by atoms with van der Waals surface area (Å²) in [6, 6.07) is 17.5. The molecule has 7 heteroatoms. The summed E-state index contributed by atoms with van der Waals surface area (Å²) >= 11 is 0. The molecule has 0 unspecified atom stereocenters. The largest absolute Gasteiger partial charge is 0.459 e. The number of para-hydroxylation sites is 1. The van der Waals surface area contributed by atoms with Gasteiger partial charge in [-0.05, 0) is 31.2 Å². The first-order valence-electron chi connectivity index (χ1n) is 8.29. The van der Waals surface area contributed by atoms with E-state index in [4.69, 9.17) is 4.42 Å². The van der Waals surface area contributed by atoms with E-state index in [-0.39, 0.29) is 11.7 Å². The van der Waals surface area contributed by atoms with Crippen LogP contribution in [0.25, 0.3) is 21.9 Å². The fourth-order valence-electron chi connectivity index (χ4n) is 3.00. The third-order valence-electron chi connectivity index (χ3n) is 4.36. The van der Waals surface area contributed by atoms with E-state index >= 15 is 0 Å². The van der Waals surface area contributed by atoms with Crippen LogP contribution in [-0.2, 0) is 0 Å². The van der Waals surface area contributed by atoms with Crippen molar-refractivity contribution >= 4 is 33.4 Å². The Kier molecular flexibility index (Phi) is 3.94.